The van der Waals surface area contributed by atoms with Crippen molar-refractivity contribution in [1.82, 2.24) is 0 Å². The van der Waals surface area contributed by atoms with E-state index in [1.54, 1.807) is 12.1 Å². The third-order valence-electron chi connectivity index (χ3n) is 2.64. The van der Waals surface area contributed by atoms with Crippen LogP contribution in [0.15, 0.2) is 35.9 Å². The summed E-state index contributed by atoms with van der Waals surface area (Å²) in [6, 6.07) is 10.8. The highest BCUT2D eigenvalue weighted by atomic mass is 35.5. The van der Waals surface area contributed by atoms with Gasteiger partial charge in [0, 0.05) is 20.3 Å². The third-order valence-corrected chi connectivity index (χ3v) is 4.25. The van der Waals surface area contributed by atoms with E-state index in [4.69, 9.17) is 28.5 Å². The molecule has 0 unspecified atom stereocenters. The highest BCUT2D eigenvalue weighted by Gasteiger charge is 2.11. The standard InChI is InChI=1S/C15H9Cl2NO2S/c1-20-15(19)9(8-18)6-11-3-5-14(21-11)12-4-2-10(16)7-13(12)17/h2-7H,1H3. The second-order valence-electron chi connectivity index (χ2n) is 3.99. The summed E-state index contributed by atoms with van der Waals surface area (Å²) in [4.78, 5) is 13.1. The van der Waals surface area contributed by atoms with Gasteiger partial charge >= 0.3 is 5.97 Å². The number of nitriles is 1. The molecule has 0 radical (unpaired) electrons. The number of carbonyl (C=O) groups excluding carboxylic acids is 1. The van der Waals surface area contributed by atoms with Crippen LogP contribution in [0.4, 0.5) is 0 Å². The molecule has 0 amide bonds. The minimum Gasteiger partial charge on any atom is -0.465 e. The first-order chi connectivity index (χ1) is 10.0. The van der Waals surface area contributed by atoms with E-state index in [-0.39, 0.29) is 5.57 Å². The van der Waals surface area contributed by atoms with Crippen molar-refractivity contribution >= 4 is 46.6 Å². The molecule has 0 aliphatic rings. The highest BCUT2D eigenvalue weighted by molar-refractivity contribution is 7.16. The Labute approximate surface area is 136 Å². The minimum absolute atomic E-state index is 0.0481. The fourth-order valence-corrected chi connectivity index (χ4v) is 3.21. The van der Waals surface area contributed by atoms with Gasteiger partial charge in [-0.15, -0.1) is 11.3 Å². The van der Waals surface area contributed by atoms with Gasteiger partial charge in [-0.1, -0.05) is 29.3 Å². The van der Waals surface area contributed by atoms with Crippen LogP contribution in [0, 0.1) is 11.3 Å². The van der Waals surface area contributed by atoms with Gasteiger partial charge in [0.2, 0.25) is 0 Å². The monoisotopic (exact) mass is 337 g/mol. The maximum absolute atomic E-state index is 11.4. The van der Waals surface area contributed by atoms with E-state index in [1.807, 2.05) is 24.3 Å². The third kappa shape index (κ3) is 3.64. The van der Waals surface area contributed by atoms with E-state index in [1.165, 1.54) is 24.5 Å². The van der Waals surface area contributed by atoms with Crippen molar-refractivity contribution in [3.63, 3.8) is 0 Å². The van der Waals surface area contributed by atoms with Crippen LogP contribution in [0.2, 0.25) is 10.0 Å². The molecule has 0 aliphatic carbocycles. The summed E-state index contributed by atoms with van der Waals surface area (Å²) in [5, 5.41) is 10.1. The van der Waals surface area contributed by atoms with Gasteiger partial charge in [0.25, 0.3) is 0 Å². The Morgan fingerprint density at radius 3 is 2.71 bits per heavy atom. The summed E-state index contributed by atoms with van der Waals surface area (Å²) < 4.78 is 4.54. The van der Waals surface area contributed by atoms with E-state index in [0.717, 1.165) is 15.3 Å². The molecule has 6 heteroatoms. The predicted octanol–water partition coefficient (Wildman–Crippen LogP) is 4.80. The lowest BCUT2D eigenvalue weighted by atomic mass is 10.2. The molecule has 106 valence electrons. The quantitative estimate of drug-likeness (QED) is 0.459. The molecule has 0 atom stereocenters. The molecule has 21 heavy (non-hydrogen) atoms. The molecule has 1 heterocycles. The zero-order chi connectivity index (χ0) is 15.4. The molecule has 0 saturated heterocycles. The number of carbonyl (C=O) groups is 1. The van der Waals surface area contributed by atoms with Gasteiger partial charge in [-0.25, -0.2) is 4.79 Å². The van der Waals surface area contributed by atoms with Gasteiger partial charge in [-0.05, 0) is 30.3 Å². The van der Waals surface area contributed by atoms with Crippen molar-refractivity contribution in [2.24, 2.45) is 0 Å². The highest BCUT2D eigenvalue weighted by Crippen LogP contribution is 2.35. The maximum atomic E-state index is 11.4. The van der Waals surface area contributed by atoms with E-state index in [0.29, 0.717) is 10.0 Å². The fraction of sp³-hybridized carbons (Fsp3) is 0.0667. The van der Waals surface area contributed by atoms with Crippen molar-refractivity contribution < 1.29 is 9.53 Å². The number of hydrogen-bond acceptors (Lipinski definition) is 4. The Morgan fingerprint density at radius 2 is 2.10 bits per heavy atom. The zero-order valence-electron chi connectivity index (χ0n) is 10.9. The number of rotatable bonds is 3. The maximum Gasteiger partial charge on any atom is 0.348 e. The lowest BCUT2D eigenvalue weighted by Gasteiger charge is -2.01. The number of nitrogens with zero attached hydrogens (tertiary/aromatic N) is 1. The van der Waals surface area contributed by atoms with E-state index >= 15 is 0 Å². The van der Waals surface area contributed by atoms with Crippen molar-refractivity contribution in [1.29, 1.82) is 5.26 Å². The normalized spacial score (nSPS) is 11.0. The number of thiophene rings is 1. The molecule has 1 aromatic heterocycles. The molecule has 2 rings (SSSR count). The molecule has 0 N–H and O–H groups in total. The van der Waals surface area contributed by atoms with Crippen LogP contribution in [0.25, 0.3) is 16.5 Å². The van der Waals surface area contributed by atoms with Crippen molar-refractivity contribution in [3.05, 3.63) is 50.8 Å². The molecule has 1 aromatic carbocycles. The van der Waals surface area contributed by atoms with Gasteiger partial charge in [0.1, 0.15) is 11.6 Å². The second-order valence-corrected chi connectivity index (χ2v) is 5.95. The van der Waals surface area contributed by atoms with Crippen LogP contribution in [0.1, 0.15) is 4.88 Å². The van der Waals surface area contributed by atoms with Gasteiger partial charge in [0.05, 0.1) is 12.1 Å². The Balaban J connectivity index is 2.36. The number of methoxy groups -OCH3 is 1. The SMILES string of the molecule is COC(=O)C(C#N)=Cc1ccc(-c2ccc(Cl)cc2Cl)s1. The first-order valence-electron chi connectivity index (χ1n) is 5.80. The predicted molar refractivity (Wildman–Crippen MR) is 85.4 cm³/mol. The van der Waals surface area contributed by atoms with Gasteiger partial charge in [-0.2, -0.15) is 5.26 Å². The smallest absolute Gasteiger partial charge is 0.348 e. The van der Waals surface area contributed by atoms with Crippen LogP contribution in [0.5, 0.6) is 0 Å². The summed E-state index contributed by atoms with van der Waals surface area (Å²) in [5.41, 5.74) is 0.801. The number of benzene rings is 1. The van der Waals surface area contributed by atoms with E-state index in [9.17, 15) is 4.79 Å². The lowest BCUT2D eigenvalue weighted by Crippen LogP contribution is -2.02. The molecular formula is C15H9Cl2NO2S. The first-order valence-corrected chi connectivity index (χ1v) is 7.37. The summed E-state index contributed by atoms with van der Waals surface area (Å²) in [7, 11) is 1.24. The van der Waals surface area contributed by atoms with Gasteiger partial charge in [-0.3, -0.25) is 0 Å². The average molecular weight is 338 g/mol. The molecule has 0 bridgehead atoms. The molecule has 0 saturated carbocycles. The molecule has 0 aliphatic heterocycles. The summed E-state index contributed by atoms with van der Waals surface area (Å²) >= 11 is 13.4. The Hall–Kier alpha value is -1.80. The molecule has 2 aromatic rings. The lowest BCUT2D eigenvalue weighted by molar-refractivity contribution is -0.135. The second kappa shape index (κ2) is 6.77. The van der Waals surface area contributed by atoms with Gasteiger partial charge in [0.15, 0.2) is 0 Å². The topological polar surface area (TPSA) is 50.1 Å². The zero-order valence-corrected chi connectivity index (χ0v) is 13.2. The van der Waals surface area contributed by atoms with Crippen molar-refractivity contribution in [2.75, 3.05) is 7.11 Å². The van der Waals surface area contributed by atoms with Crippen molar-refractivity contribution in [2.45, 2.75) is 0 Å². The molecular weight excluding hydrogens is 329 g/mol. The van der Waals surface area contributed by atoms with E-state index in [2.05, 4.69) is 4.74 Å². The van der Waals surface area contributed by atoms with E-state index < -0.39 is 5.97 Å². The minimum atomic E-state index is -0.656. The number of esters is 1. The number of ether oxygens (including phenoxy) is 1. The largest absolute Gasteiger partial charge is 0.465 e. The van der Waals surface area contributed by atoms with Gasteiger partial charge < -0.3 is 4.74 Å². The Kier molecular flexibility index (Phi) is 5.03. The summed E-state index contributed by atoms with van der Waals surface area (Å²) in [6.07, 6.45) is 1.49. The van der Waals surface area contributed by atoms with Crippen LogP contribution >= 0.6 is 34.5 Å². The van der Waals surface area contributed by atoms with Crippen LogP contribution in [0.3, 0.4) is 0 Å². The number of halogens is 2. The number of hydrogen-bond donors (Lipinski definition) is 0. The average Bonchev–Trinajstić information content (AvgIpc) is 2.92. The fourth-order valence-electron chi connectivity index (χ4n) is 1.65. The molecule has 0 spiro atoms. The van der Waals surface area contributed by atoms with Crippen LogP contribution in [-0.4, -0.2) is 13.1 Å². The Bertz CT molecular complexity index is 759. The van der Waals surface area contributed by atoms with Crippen molar-refractivity contribution in [3.8, 4) is 16.5 Å². The molecule has 0 fully saturated rings. The van der Waals surface area contributed by atoms with Crippen LogP contribution < -0.4 is 0 Å². The molecule has 3 nitrogen and oxygen atoms in total. The van der Waals surface area contributed by atoms with Crippen LogP contribution in [-0.2, 0) is 9.53 Å². The first kappa shape index (κ1) is 15.6. The summed E-state index contributed by atoms with van der Waals surface area (Å²) in [5.74, 6) is -0.656. The summed E-state index contributed by atoms with van der Waals surface area (Å²) in [6.45, 7) is 0. The Morgan fingerprint density at radius 1 is 1.33 bits per heavy atom.